The van der Waals surface area contributed by atoms with Gasteiger partial charge in [-0.2, -0.15) is 0 Å². The maximum atomic E-state index is 11.1. The number of hydrogen-bond donors (Lipinski definition) is 1. The average molecular weight is 267 g/mol. The van der Waals surface area contributed by atoms with Crippen LogP contribution in [0.1, 0.15) is 25.5 Å². The number of hydrogen-bond acceptors (Lipinski definition) is 4. The predicted octanol–water partition coefficient (Wildman–Crippen LogP) is 2.09. The second-order valence-electron chi connectivity index (χ2n) is 2.91. The average Bonchev–Trinajstić information content (AvgIpc) is 2.19. The Morgan fingerprint density at radius 1 is 1.44 bits per heavy atom. The number of esters is 1. The van der Waals surface area contributed by atoms with Gasteiger partial charge in [0.1, 0.15) is 5.75 Å². The summed E-state index contributed by atoms with van der Waals surface area (Å²) in [4.78, 5) is 15.1. The number of rotatable bonds is 4. The lowest BCUT2D eigenvalue weighted by atomic mass is 10.3. The summed E-state index contributed by atoms with van der Waals surface area (Å²) in [5.41, 5.74) is 6.16. The van der Waals surface area contributed by atoms with E-state index in [-0.39, 0.29) is 30.8 Å². The van der Waals surface area contributed by atoms with Crippen LogP contribution in [0.3, 0.4) is 0 Å². The van der Waals surface area contributed by atoms with Crippen molar-refractivity contribution in [3.8, 4) is 5.75 Å². The lowest BCUT2D eigenvalue weighted by Gasteiger charge is -2.02. The first-order valence-corrected chi connectivity index (χ1v) is 4.62. The summed E-state index contributed by atoms with van der Waals surface area (Å²) in [5, 5.41) is 0. The van der Waals surface area contributed by atoms with Crippen molar-refractivity contribution >= 4 is 30.8 Å². The van der Waals surface area contributed by atoms with E-state index in [0.717, 1.165) is 12.1 Å². The van der Waals surface area contributed by atoms with Crippen LogP contribution in [0.4, 0.5) is 0 Å². The zero-order valence-corrected chi connectivity index (χ0v) is 10.6. The molecule has 0 spiro atoms. The third-order valence-electron chi connectivity index (χ3n) is 1.69. The highest BCUT2D eigenvalue weighted by molar-refractivity contribution is 5.85. The fraction of sp³-hybridized carbons (Fsp3) is 0.400. The molecule has 0 unspecified atom stereocenters. The highest BCUT2D eigenvalue weighted by atomic mass is 35.5. The number of carbonyl (C=O) groups excluding carboxylic acids is 1. The molecule has 1 rings (SSSR count). The first-order chi connectivity index (χ1) is 6.76. The molecule has 4 nitrogen and oxygen atoms in total. The SMILES string of the molecule is CCCC(=O)Oc1ccc(CN)nc1.Cl.Cl. The predicted molar refractivity (Wildman–Crippen MR) is 67.2 cm³/mol. The van der Waals surface area contributed by atoms with Gasteiger partial charge in [0, 0.05) is 13.0 Å². The molecule has 1 aromatic rings. The van der Waals surface area contributed by atoms with Crippen molar-refractivity contribution in [3.63, 3.8) is 0 Å². The maximum absolute atomic E-state index is 11.1. The van der Waals surface area contributed by atoms with Crippen LogP contribution in [0.15, 0.2) is 18.3 Å². The van der Waals surface area contributed by atoms with Gasteiger partial charge >= 0.3 is 5.97 Å². The Hall–Kier alpha value is -0.840. The van der Waals surface area contributed by atoms with Gasteiger partial charge in [-0.15, -0.1) is 24.8 Å². The van der Waals surface area contributed by atoms with Crippen LogP contribution < -0.4 is 10.5 Å². The van der Waals surface area contributed by atoms with E-state index in [0.29, 0.717) is 18.7 Å². The van der Waals surface area contributed by atoms with Crippen LogP contribution in [-0.4, -0.2) is 11.0 Å². The van der Waals surface area contributed by atoms with Gasteiger partial charge in [-0.1, -0.05) is 6.92 Å². The lowest BCUT2D eigenvalue weighted by Crippen LogP contribution is -2.07. The first-order valence-electron chi connectivity index (χ1n) is 4.62. The second kappa shape index (κ2) is 9.39. The van der Waals surface area contributed by atoms with E-state index in [1.54, 1.807) is 12.1 Å². The summed E-state index contributed by atoms with van der Waals surface area (Å²) in [6.45, 7) is 2.32. The summed E-state index contributed by atoms with van der Waals surface area (Å²) >= 11 is 0. The molecule has 0 aliphatic rings. The molecule has 0 atom stereocenters. The van der Waals surface area contributed by atoms with Gasteiger partial charge in [0.25, 0.3) is 0 Å². The molecule has 0 radical (unpaired) electrons. The molecule has 0 amide bonds. The van der Waals surface area contributed by atoms with Crippen molar-refractivity contribution in [1.82, 2.24) is 4.98 Å². The lowest BCUT2D eigenvalue weighted by molar-refractivity contribution is -0.134. The summed E-state index contributed by atoms with van der Waals surface area (Å²) in [5.74, 6) is 0.246. The molecule has 0 aliphatic carbocycles. The number of aromatic nitrogens is 1. The maximum Gasteiger partial charge on any atom is 0.311 e. The largest absolute Gasteiger partial charge is 0.425 e. The highest BCUT2D eigenvalue weighted by Crippen LogP contribution is 2.09. The Balaban J connectivity index is 0. The minimum Gasteiger partial charge on any atom is -0.425 e. The molecule has 0 aromatic carbocycles. The summed E-state index contributed by atoms with van der Waals surface area (Å²) < 4.78 is 5.01. The molecule has 1 heterocycles. The molecule has 0 saturated heterocycles. The second-order valence-corrected chi connectivity index (χ2v) is 2.91. The molecule has 92 valence electrons. The molecule has 0 aliphatic heterocycles. The van der Waals surface area contributed by atoms with E-state index in [9.17, 15) is 4.79 Å². The van der Waals surface area contributed by atoms with E-state index < -0.39 is 0 Å². The molecule has 0 bridgehead atoms. The number of halogens is 2. The highest BCUT2D eigenvalue weighted by Gasteiger charge is 2.02. The van der Waals surface area contributed by atoms with Crippen LogP contribution in [-0.2, 0) is 11.3 Å². The Morgan fingerprint density at radius 2 is 2.12 bits per heavy atom. The van der Waals surface area contributed by atoms with Gasteiger partial charge in [0.05, 0.1) is 11.9 Å². The monoisotopic (exact) mass is 266 g/mol. The van der Waals surface area contributed by atoms with Gasteiger partial charge in [-0.05, 0) is 18.6 Å². The Labute approximate surface area is 107 Å². The molecule has 1 aromatic heterocycles. The molecule has 6 heteroatoms. The van der Waals surface area contributed by atoms with E-state index >= 15 is 0 Å². The van der Waals surface area contributed by atoms with E-state index in [1.165, 1.54) is 6.20 Å². The summed E-state index contributed by atoms with van der Waals surface area (Å²) in [6.07, 6.45) is 2.72. The van der Waals surface area contributed by atoms with Crippen molar-refractivity contribution in [3.05, 3.63) is 24.0 Å². The van der Waals surface area contributed by atoms with Crippen LogP contribution in [0, 0.1) is 0 Å². The normalized spacial score (nSPS) is 8.62. The fourth-order valence-electron chi connectivity index (χ4n) is 0.979. The fourth-order valence-corrected chi connectivity index (χ4v) is 0.979. The number of nitrogens with zero attached hydrogens (tertiary/aromatic N) is 1. The zero-order valence-electron chi connectivity index (χ0n) is 9.01. The summed E-state index contributed by atoms with van der Waals surface area (Å²) in [6, 6.07) is 3.44. The molecule has 16 heavy (non-hydrogen) atoms. The topological polar surface area (TPSA) is 65.2 Å². The van der Waals surface area contributed by atoms with Crippen LogP contribution >= 0.6 is 24.8 Å². The number of carbonyl (C=O) groups is 1. The summed E-state index contributed by atoms with van der Waals surface area (Å²) in [7, 11) is 0. The zero-order chi connectivity index (χ0) is 10.4. The number of ether oxygens (including phenoxy) is 1. The van der Waals surface area contributed by atoms with Gasteiger partial charge in [0.15, 0.2) is 0 Å². The quantitative estimate of drug-likeness (QED) is 0.848. The van der Waals surface area contributed by atoms with E-state index in [4.69, 9.17) is 10.5 Å². The van der Waals surface area contributed by atoms with Crippen molar-refractivity contribution in [2.75, 3.05) is 0 Å². The van der Waals surface area contributed by atoms with E-state index in [2.05, 4.69) is 4.98 Å². The minimum atomic E-state index is -0.227. The number of pyridine rings is 1. The Morgan fingerprint density at radius 3 is 2.56 bits per heavy atom. The smallest absolute Gasteiger partial charge is 0.311 e. The van der Waals surface area contributed by atoms with Crippen LogP contribution in [0.2, 0.25) is 0 Å². The molecular formula is C10H16Cl2N2O2. The molecule has 2 N–H and O–H groups in total. The Kier molecular flexibility index (Phi) is 10.3. The molecule has 0 fully saturated rings. The third kappa shape index (κ3) is 5.90. The van der Waals surface area contributed by atoms with Gasteiger partial charge < -0.3 is 10.5 Å². The van der Waals surface area contributed by atoms with Crippen molar-refractivity contribution < 1.29 is 9.53 Å². The van der Waals surface area contributed by atoms with Crippen LogP contribution in [0.25, 0.3) is 0 Å². The van der Waals surface area contributed by atoms with Gasteiger partial charge in [-0.25, -0.2) is 0 Å². The Bertz CT molecular complexity index is 304. The van der Waals surface area contributed by atoms with Crippen LogP contribution in [0.5, 0.6) is 5.75 Å². The van der Waals surface area contributed by atoms with Gasteiger partial charge in [-0.3, -0.25) is 9.78 Å². The van der Waals surface area contributed by atoms with Gasteiger partial charge in [0.2, 0.25) is 0 Å². The molecule has 0 saturated carbocycles. The molecular weight excluding hydrogens is 251 g/mol. The van der Waals surface area contributed by atoms with Crippen molar-refractivity contribution in [2.45, 2.75) is 26.3 Å². The standard InChI is InChI=1S/C10H14N2O2.2ClH/c1-2-3-10(13)14-9-5-4-8(6-11)12-7-9;;/h4-5,7H,2-3,6,11H2,1H3;2*1H. The minimum absolute atomic E-state index is 0. The first kappa shape index (κ1) is 17.6. The van der Waals surface area contributed by atoms with Crippen molar-refractivity contribution in [1.29, 1.82) is 0 Å². The van der Waals surface area contributed by atoms with Crippen molar-refractivity contribution in [2.24, 2.45) is 5.73 Å². The van der Waals surface area contributed by atoms with E-state index in [1.807, 2.05) is 6.92 Å². The third-order valence-corrected chi connectivity index (χ3v) is 1.69. The number of nitrogens with two attached hydrogens (primary N) is 1.